The predicted molar refractivity (Wildman–Crippen MR) is 132 cm³/mol. The maximum atomic E-state index is 13.5. The van der Waals surface area contributed by atoms with Crippen LogP contribution in [0.25, 0.3) is 0 Å². The minimum atomic E-state index is -0.612. The van der Waals surface area contributed by atoms with Crippen molar-refractivity contribution in [2.24, 2.45) is 0 Å². The first-order valence-electron chi connectivity index (χ1n) is 11.6. The number of carbonyl (C=O) groups excluding carboxylic acids is 2. The van der Waals surface area contributed by atoms with Crippen LogP contribution in [0.1, 0.15) is 77.1 Å². The van der Waals surface area contributed by atoms with Crippen molar-refractivity contribution in [3.05, 3.63) is 116 Å². The lowest BCUT2D eigenvalue weighted by atomic mass is 9.63. The van der Waals surface area contributed by atoms with Crippen molar-refractivity contribution in [2.75, 3.05) is 0 Å². The van der Waals surface area contributed by atoms with Crippen LogP contribution in [0.3, 0.4) is 0 Å². The lowest BCUT2D eigenvalue weighted by Crippen LogP contribution is -2.29. The third-order valence-electron chi connectivity index (χ3n) is 7.32. The maximum Gasteiger partial charge on any atom is 0.201 e. The number of ketones is 2. The molecule has 2 aliphatic rings. The van der Waals surface area contributed by atoms with Crippen LogP contribution in [-0.2, 0) is 0 Å². The number of aromatic hydroxyl groups is 4. The molecule has 6 rings (SSSR count). The van der Waals surface area contributed by atoms with E-state index in [4.69, 9.17) is 0 Å². The van der Waals surface area contributed by atoms with E-state index in [-0.39, 0.29) is 45.3 Å². The Morgan fingerprint density at radius 1 is 0.500 bits per heavy atom. The van der Waals surface area contributed by atoms with E-state index < -0.39 is 23.4 Å². The van der Waals surface area contributed by atoms with Gasteiger partial charge in [-0.15, -0.1) is 0 Å². The lowest BCUT2D eigenvalue weighted by Gasteiger charge is -2.38. The Morgan fingerprint density at radius 3 is 1.25 bits per heavy atom. The molecule has 0 saturated carbocycles. The first-order valence-corrected chi connectivity index (χ1v) is 11.6. The molecule has 0 saturated heterocycles. The summed E-state index contributed by atoms with van der Waals surface area (Å²) in [5.41, 5.74) is 4.03. The smallest absolute Gasteiger partial charge is 0.201 e. The highest BCUT2D eigenvalue weighted by Gasteiger charge is 2.45. The van der Waals surface area contributed by atoms with E-state index in [0.29, 0.717) is 22.3 Å². The van der Waals surface area contributed by atoms with E-state index in [1.54, 1.807) is 24.3 Å². The van der Waals surface area contributed by atoms with Crippen LogP contribution in [0.4, 0.5) is 0 Å². The van der Waals surface area contributed by atoms with E-state index >= 15 is 0 Å². The highest BCUT2D eigenvalue weighted by atomic mass is 16.3. The Bertz CT molecular complexity index is 1530. The van der Waals surface area contributed by atoms with Crippen molar-refractivity contribution in [3.63, 3.8) is 0 Å². The van der Waals surface area contributed by atoms with Crippen LogP contribution < -0.4 is 0 Å². The summed E-state index contributed by atoms with van der Waals surface area (Å²) in [6.45, 7) is 3.63. The van der Waals surface area contributed by atoms with Crippen molar-refractivity contribution in [1.29, 1.82) is 0 Å². The standard InChI is InChI=1S/C30H22O6/c1-13-9-17-23(15-5-3-7-19(31)25(15)29(35)27(17)21(33)11-13)24-16-6-4-8-20(32)26(16)30(36)28-18(24)10-14(2)12-22(28)34/h3-12,23-24,31-34H,1-2H3/t23-,24-/m0/s1. The average Bonchev–Trinajstić information content (AvgIpc) is 2.79. The topological polar surface area (TPSA) is 115 Å². The lowest BCUT2D eigenvalue weighted by molar-refractivity contribution is 0.101. The second kappa shape index (κ2) is 7.46. The molecule has 0 radical (unpaired) electrons. The van der Waals surface area contributed by atoms with Gasteiger partial charge in [-0.2, -0.15) is 0 Å². The summed E-state index contributed by atoms with van der Waals surface area (Å²) < 4.78 is 0. The summed E-state index contributed by atoms with van der Waals surface area (Å²) in [6, 6.07) is 16.4. The zero-order chi connectivity index (χ0) is 25.5. The molecule has 2 aliphatic carbocycles. The largest absolute Gasteiger partial charge is 0.507 e. The number of phenolic OH excluding ortho intramolecular Hbond substituents is 4. The van der Waals surface area contributed by atoms with Gasteiger partial charge in [-0.3, -0.25) is 9.59 Å². The third kappa shape index (κ3) is 2.84. The van der Waals surface area contributed by atoms with Crippen molar-refractivity contribution >= 4 is 11.6 Å². The Labute approximate surface area is 206 Å². The second-order valence-corrected chi connectivity index (χ2v) is 9.59. The molecule has 0 spiro atoms. The first-order chi connectivity index (χ1) is 17.2. The molecule has 0 amide bonds. The highest BCUT2D eigenvalue weighted by Crippen LogP contribution is 2.55. The van der Waals surface area contributed by atoms with Gasteiger partial charge in [-0.05, 0) is 71.5 Å². The van der Waals surface area contributed by atoms with Gasteiger partial charge in [-0.25, -0.2) is 0 Å². The molecular weight excluding hydrogens is 456 g/mol. The second-order valence-electron chi connectivity index (χ2n) is 9.59. The van der Waals surface area contributed by atoms with E-state index in [1.807, 2.05) is 26.0 Å². The molecule has 0 fully saturated rings. The molecule has 4 aromatic carbocycles. The summed E-state index contributed by atoms with van der Waals surface area (Å²) in [7, 11) is 0. The fraction of sp³-hybridized carbons (Fsp3) is 0.133. The predicted octanol–water partition coefficient (Wildman–Crippen LogP) is 5.18. The molecule has 6 heteroatoms. The van der Waals surface area contributed by atoms with Gasteiger partial charge in [-0.1, -0.05) is 36.4 Å². The van der Waals surface area contributed by atoms with Gasteiger partial charge in [0, 0.05) is 11.8 Å². The van der Waals surface area contributed by atoms with Gasteiger partial charge < -0.3 is 20.4 Å². The molecule has 178 valence electrons. The number of hydrogen-bond donors (Lipinski definition) is 4. The monoisotopic (exact) mass is 478 g/mol. The van der Waals surface area contributed by atoms with Crippen LogP contribution in [0.15, 0.2) is 60.7 Å². The zero-order valence-corrected chi connectivity index (χ0v) is 19.5. The van der Waals surface area contributed by atoms with Gasteiger partial charge in [0.2, 0.25) is 11.6 Å². The third-order valence-corrected chi connectivity index (χ3v) is 7.32. The number of carbonyl (C=O) groups is 2. The Balaban J connectivity index is 1.78. The van der Waals surface area contributed by atoms with E-state index in [2.05, 4.69) is 0 Å². The Hall–Kier alpha value is -4.58. The summed E-state index contributed by atoms with van der Waals surface area (Å²) in [5, 5.41) is 43.2. The minimum absolute atomic E-state index is 0.0891. The fourth-order valence-electron chi connectivity index (χ4n) is 6.01. The molecule has 0 heterocycles. The molecule has 2 atom stereocenters. The SMILES string of the molecule is Cc1cc(O)c2c(c1)[C@@H]([C@H]1c3cccc(O)c3C(=O)c3c(O)cc(C)cc31)c1cccc(O)c1C2=O. The highest BCUT2D eigenvalue weighted by molar-refractivity contribution is 6.18. The van der Waals surface area contributed by atoms with Crippen molar-refractivity contribution < 1.29 is 30.0 Å². The number of rotatable bonds is 1. The number of benzene rings is 4. The summed E-state index contributed by atoms with van der Waals surface area (Å²) in [5.74, 6) is -2.98. The van der Waals surface area contributed by atoms with Crippen molar-refractivity contribution in [1.82, 2.24) is 0 Å². The molecule has 0 bridgehead atoms. The number of aryl methyl sites for hydroxylation is 2. The normalized spacial score (nSPS) is 17.7. The van der Waals surface area contributed by atoms with Crippen LogP contribution in [-0.4, -0.2) is 32.0 Å². The maximum absolute atomic E-state index is 13.5. The molecular formula is C30H22O6. The summed E-state index contributed by atoms with van der Waals surface area (Å²) in [6.07, 6.45) is 0. The van der Waals surface area contributed by atoms with Crippen molar-refractivity contribution in [3.8, 4) is 23.0 Å². The van der Waals surface area contributed by atoms with E-state index in [1.165, 1.54) is 24.3 Å². The molecule has 0 aromatic heterocycles. The minimum Gasteiger partial charge on any atom is -0.507 e. The van der Waals surface area contributed by atoms with Crippen LogP contribution in [0.5, 0.6) is 23.0 Å². The Morgan fingerprint density at radius 2 is 0.861 bits per heavy atom. The van der Waals surface area contributed by atoms with Gasteiger partial charge in [0.05, 0.1) is 22.3 Å². The Kier molecular flexibility index (Phi) is 4.54. The van der Waals surface area contributed by atoms with E-state index in [9.17, 15) is 30.0 Å². The first kappa shape index (κ1) is 21.9. The summed E-state index contributed by atoms with van der Waals surface area (Å²) in [4.78, 5) is 27.1. The van der Waals surface area contributed by atoms with Gasteiger partial charge in [0.25, 0.3) is 0 Å². The number of hydrogen-bond acceptors (Lipinski definition) is 6. The van der Waals surface area contributed by atoms with Crippen molar-refractivity contribution in [2.45, 2.75) is 25.7 Å². The van der Waals surface area contributed by atoms with Crippen LogP contribution in [0, 0.1) is 13.8 Å². The molecule has 4 aromatic rings. The number of phenols is 4. The molecule has 6 nitrogen and oxygen atoms in total. The van der Waals surface area contributed by atoms with Crippen LogP contribution in [0.2, 0.25) is 0 Å². The van der Waals surface area contributed by atoms with Crippen LogP contribution >= 0.6 is 0 Å². The molecule has 4 N–H and O–H groups in total. The van der Waals surface area contributed by atoms with Gasteiger partial charge in [0.15, 0.2) is 0 Å². The molecule has 0 unspecified atom stereocenters. The fourth-order valence-corrected chi connectivity index (χ4v) is 6.01. The average molecular weight is 479 g/mol. The van der Waals surface area contributed by atoms with Gasteiger partial charge >= 0.3 is 0 Å². The molecule has 0 aliphatic heterocycles. The van der Waals surface area contributed by atoms with E-state index in [0.717, 1.165) is 11.1 Å². The number of fused-ring (bicyclic) bond motifs is 4. The van der Waals surface area contributed by atoms with Gasteiger partial charge in [0.1, 0.15) is 23.0 Å². The zero-order valence-electron chi connectivity index (χ0n) is 19.5. The molecule has 36 heavy (non-hydrogen) atoms. The summed E-state index contributed by atoms with van der Waals surface area (Å²) >= 11 is 0. The quantitative estimate of drug-likeness (QED) is 0.300.